The predicted molar refractivity (Wildman–Crippen MR) is 66.0 cm³/mol. The van der Waals surface area contributed by atoms with Crippen LogP contribution >= 0.6 is 0 Å². The van der Waals surface area contributed by atoms with Gasteiger partial charge in [-0.3, -0.25) is 0 Å². The van der Waals surface area contributed by atoms with Gasteiger partial charge in [-0.15, -0.1) is 0 Å². The van der Waals surface area contributed by atoms with Crippen LogP contribution in [0.3, 0.4) is 0 Å². The van der Waals surface area contributed by atoms with Gasteiger partial charge in [-0.1, -0.05) is 24.3 Å². The van der Waals surface area contributed by atoms with Gasteiger partial charge in [-0.2, -0.15) is 0 Å². The summed E-state index contributed by atoms with van der Waals surface area (Å²) >= 11 is 0. The fraction of sp³-hybridized carbons (Fsp3) is 0.143. The van der Waals surface area contributed by atoms with Crippen LogP contribution in [0.2, 0.25) is 0 Å². The lowest BCUT2D eigenvalue weighted by molar-refractivity contribution is 0.348. The van der Waals surface area contributed by atoms with E-state index in [0.717, 1.165) is 13.2 Å². The second-order valence-corrected chi connectivity index (χ2v) is 4.37. The summed E-state index contributed by atoms with van der Waals surface area (Å²) in [5.74, 6) is 0. The Labute approximate surface area is 93.4 Å². The quantitative estimate of drug-likeness (QED) is 0.627. The Balaban J connectivity index is 2.35. The Bertz CT molecular complexity index is 719. The highest BCUT2D eigenvalue weighted by Gasteiger charge is 2.13. The maximum atomic E-state index is 2.40. The van der Waals surface area contributed by atoms with E-state index in [9.17, 15) is 0 Å². The lowest BCUT2D eigenvalue weighted by Crippen LogP contribution is -2.28. The van der Waals surface area contributed by atoms with Crippen LogP contribution in [0, 0.1) is 0 Å². The fourth-order valence-corrected chi connectivity index (χ4v) is 2.71. The molecule has 16 heavy (non-hydrogen) atoms. The largest absolute Gasteiger partial charge is 0.356 e. The van der Waals surface area contributed by atoms with Crippen molar-refractivity contribution in [3.8, 4) is 0 Å². The average Bonchev–Trinajstić information content (AvgIpc) is 2.47. The Kier molecular flexibility index (Phi) is 1.43. The minimum absolute atomic E-state index is 0.958. The van der Waals surface area contributed by atoms with Crippen molar-refractivity contribution in [1.29, 1.82) is 0 Å². The molecule has 2 aliphatic heterocycles. The van der Waals surface area contributed by atoms with Crippen LogP contribution in [0.4, 0.5) is 0 Å². The molecule has 0 saturated heterocycles. The topological polar surface area (TPSA) is 8.17 Å². The summed E-state index contributed by atoms with van der Waals surface area (Å²) in [6, 6.07) is 8.66. The smallest absolute Gasteiger partial charge is 0.0950 e. The zero-order valence-corrected chi connectivity index (χ0v) is 8.93. The van der Waals surface area contributed by atoms with Gasteiger partial charge in [0.1, 0.15) is 0 Å². The highest BCUT2D eigenvalue weighted by Crippen LogP contribution is 2.12. The van der Waals surface area contributed by atoms with E-state index in [0.29, 0.717) is 0 Å². The van der Waals surface area contributed by atoms with Gasteiger partial charge in [-0.25, -0.2) is 0 Å². The Morgan fingerprint density at radius 3 is 3.06 bits per heavy atom. The summed E-state index contributed by atoms with van der Waals surface area (Å²) in [6.07, 6.45) is 8.86. The molecule has 2 aliphatic rings. The standard InChI is InChI=1S/C14H12N2/c1-2-5-13-11(4-1)12-7-9-15-8-3-6-14(12)16(13)10-15/h1-8H,9-10H2. The van der Waals surface area contributed by atoms with Gasteiger partial charge in [-0.05, 0) is 18.2 Å². The molecule has 0 amide bonds. The molecule has 3 heterocycles. The molecule has 0 radical (unpaired) electrons. The van der Waals surface area contributed by atoms with E-state index in [2.05, 4.69) is 58.2 Å². The number of allylic oxidation sites excluding steroid dienone is 1. The zero-order valence-electron chi connectivity index (χ0n) is 8.93. The zero-order chi connectivity index (χ0) is 10.5. The Morgan fingerprint density at radius 2 is 2.06 bits per heavy atom. The van der Waals surface area contributed by atoms with Gasteiger partial charge >= 0.3 is 0 Å². The summed E-state index contributed by atoms with van der Waals surface area (Å²) in [5, 5.41) is 4.11. The fourth-order valence-electron chi connectivity index (χ4n) is 2.71. The van der Waals surface area contributed by atoms with Crippen LogP contribution in [0.15, 0.2) is 36.5 Å². The first kappa shape index (κ1) is 8.22. The highest BCUT2D eigenvalue weighted by atomic mass is 15.2. The molecule has 0 unspecified atom stereocenters. The summed E-state index contributed by atoms with van der Waals surface area (Å²) in [4.78, 5) is 2.33. The number of aromatic nitrogens is 1. The molecule has 0 aliphatic carbocycles. The van der Waals surface area contributed by atoms with Crippen molar-refractivity contribution >= 4 is 23.1 Å². The minimum Gasteiger partial charge on any atom is -0.356 e. The molecule has 1 aromatic carbocycles. The van der Waals surface area contributed by atoms with E-state index in [-0.39, 0.29) is 0 Å². The van der Waals surface area contributed by atoms with E-state index in [1.54, 1.807) is 0 Å². The second kappa shape index (κ2) is 2.79. The van der Waals surface area contributed by atoms with E-state index < -0.39 is 0 Å². The number of hydrogen-bond acceptors (Lipinski definition) is 1. The van der Waals surface area contributed by atoms with Crippen molar-refractivity contribution in [3.05, 3.63) is 47.1 Å². The molecule has 2 heteroatoms. The third-order valence-electron chi connectivity index (χ3n) is 3.46. The molecule has 2 aromatic rings. The first-order valence-corrected chi connectivity index (χ1v) is 5.63. The van der Waals surface area contributed by atoms with Crippen molar-refractivity contribution < 1.29 is 0 Å². The summed E-state index contributed by atoms with van der Waals surface area (Å²) in [7, 11) is 0. The lowest BCUT2D eigenvalue weighted by Gasteiger charge is -2.18. The van der Waals surface area contributed by atoms with E-state index in [1.165, 1.54) is 21.5 Å². The number of benzene rings is 1. The number of para-hydroxylation sites is 1. The summed E-state index contributed by atoms with van der Waals surface area (Å²) in [5.41, 5.74) is 1.34. The monoisotopic (exact) mass is 208 g/mol. The summed E-state index contributed by atoms with van der Waals surface area (Å²) in [6.45, 7) is 1.97. The van der Waals surface area contributed by atoms with Crippen LogP contribution in [0.25, 0.3) is 23.1 Å². The van der Waals surface area contributed by atoms with Crippen LogP contribution < -0.4 is 10.6 Å². The molecule has 0 spiro atoms. The molecular formula is C14H12N2. The molecule has 4 bridgehead atoms. The van der Waals surface area contributed by atoms with Crippen LogP contribution in [0.1, 0.15) is 0 Å². The highest BCUT2D eigenvalue weighted by molar-refractivity contribution is 5.82. The molecule has 0 saturated carbocycles. The second-order valence-electron chi connectivity index (χ2n) is 4.37. The van der Waals surface area contributed by atoms with Gasteiger partial charge in [0.2, 0.25) is 0 Å². The molecule has 78 valence electrons. The van der Waals surface area contributed by atoms with E-state index in [1.807, 2.05) is 0 Å². The predicted octanol–water partition coefficient (Wildman–Crippen LogP) is 1.00. The first-order chi connectivity index (χ1) is 7.93. The van der Waals surface area contributed by atoms with Gasteiger partial charge in [0, 0.05) is 23.3 Å². The third-order valence-corrected chi connectivity index (χ3v) is 3.46. The van der Waals surface area contributed by atoms with Crippen molar-refractivity contribution in [2.24, 2.45) is 0 Å². The molecule has 0 atom stereocenters. The number of rotatable bonds is 0. The Morgan fingerprint density at radius 1 is 1.12 bits per heavy atom. The van der Waals surface area contributed by atoms with E-state index >= 15 is 0 Å². The van der Waals surface area contributed by atoms with Gasteiger partial charge in [0.25, 0.3) is 0 Å². The van der Waals surface area contributed by atoms with Crippen LogP contribution in [-0.4, -0.2) is 16.0 Å². The Hall–Kier alpha value is -1.96. The van der Waals surface area contributed by atoms with Crippen molar-refractivity contribution in [1.82, 2.24) is 9.47 Å². The van der Waals surface area contributed by atoms with Crippen LogP contribution in [-0.2, 0) is 6.67 Å². The average molecular weight is 208 g/mol. The van der Waals surface area contributed by atoms with Crippen molar-refractivity contribution in [3.63, 3.8) is 0 Å². The lowest BCUT2D eigenvalue weighted by atomic mass is 10.2. The summed E-state index contributed by atoms with van der Waals surface area (Å²) < 4.78 is 2.40. The minimum atomic E-state index is 0.958. The number of hydrogen-bond donors (Lipinski definition) is 0. The normalized spacial score (nSPS) is 16.9. The number of nitrogens with zero attached hydrogens (tertiary/aromatic N) is 2. The maximum absolute atomic E-state index is 2.40. The van der Waals surface area contributed by atoms with Crippen molar-refractivity contribution in [2.75, 3.05) is 6.54 Å². The van der Waals surface area contributed by atoms with Gasteiger partial charge < -0.3 is 9.47 Å². The first-order valence-electron chi connectivity index (χ1n) is 5.63. The van der Waals surface area contributed by atoms with Crippen LogP contribution in [0.5, 0.6) is 0 Å². The number of fused-ring (bicyclic) bond motifs is 3. The SMILES string of the molecule is C1=CN2CC=c3c(n(c4ccccc34)C2)=C1. The van der Waals surface area contributed by atoms with E-state index in [4.69, 9.17) is 0 Å². The maximum Gasteiger partial charge on any atom is 0.0950 e. The molecule has 4 rings (SSSR count). The molecule has 1 aromatic heterocycles. The molecule has 0 fully saturated rings. The third kappa shape index (κ3) is 0.915. The molecule has 2 nitrogen and oxygen atoms in total. The van der Waals surface area contributed by atoms with Crippen molar-refractivity contribution in [2.45, 2.75) is 6.67 Å². The van der Waals surface area contributed by atoms with Gasteiger partial charge in [0.05, 0.1) is 17.5 Å². The van der Waals surface area contributed by atoms with Gasteiger partial charge in [0.15, 0.2) is 0 Å². The molecular weight excluding hydrogens is 196 g/mol. The molecule has 0 N–H and O–H groups in total.